The first kappa shape index (κ1) is 16.8. The quantitative estimate of drug-likeness (QED) is 0.891. The highest BCUT2D eigenvalue weighted by molar-refractivity contribution is 5.76. The summed E-state index contributed by atoms with van der Waals surface area (Å²) < 4.78 is 0. The minimum absolute atomic E-state index is 0.111. The van der Waals surface area contributed by atoms with Crippen LogP contribution in [0.2, 0.25) is 0 Å². The van der Waals surface area contributed by atoms with E-state index in [0.29, 0.717) is 37.9 Å². The van der Waals surface area contributed by atoms with Crippen LogP contribution in [0.3, 0.4) is 0 Å². The molecule has 1 saturated heterocycles. The van der Waals surface area contributed by atoms with E-state index in [-0.39, 0.29) is 6.03 Å². The topological polar surface area (TPSA) is 69.6 Å². The van der Waals surface area contributed by atoms with Crippen LogP contribution in [-0.2, 0) is 4.79 Å². The molecule has 1 aromatic rings. The van der Waals surface area contributed by atoms with Crippen molar-refractivity contribution in [1.82, 2.24) is 10.2 Å². The van der Waals surface area contributed by atoms with Crippen LogP contribution in [0.15, 0.2) is 30.3 Å². The van der Waals surface area contributed by atoms with Crippen molar-refractivity contribution in [3.63, 3.8) is 0 Å². The fraction of sp³-hybridized carbons (Fsp3) is 0.579. The van der Waals surface area contributed by atoms with Crippen LogP contribution in [0.4, 0.5) is 4.79 Å². The molecule has 0 radical (unpaired) electrons. The van der Waals surface area contributed by atoms with Gasteiger partial charge in [0, 0.05) is 19.6 Å². The van der Waals surface area contributed by atoms with Gasteiger partial charge in [-0.1, -0.05) is 36.8 Å². The predicted octanol–water partition coefficient (Wildman–Crippen LogP) is 3.08. The Morgan fingerprint density at radius 2 is 1.92 bits per heavy atom. The molecule has 2 fully saturated rings. The molecule has 130 valence electrons. The molecule has 2 amide bonds. The lowest BCUT2D eigenvalue weighted by Gasteiger charge is -2.31. The van der Waals surface area contributed by atoms with Crippen molar-refractivity contribution in [2.24, 2.45) is 11.8 Å². The van der Waals surface area contributed by atoms with E-state index in [9.17, 15) is 9.59 Å². The van der Waals surface area contributed by atoms with Crippen LogP contribution < -0.4 is 5.32 Å². The lowest BCUT2D eigenvalue weighted by Crippen LogP contribution is -2.48. The molecular weight excluding hydrogens is 304 g/mol. The van der Waals surface area contributed by atoms with Crippen LogP contribution in [0.25, 0.3) is 0 Å². The third kappa shape index (κ3) is 3.89. The fourth-order valence-corrected chi connectivity index (χ4v) is 4.11. The Kier molecular flexibility index (Phi) is 5.38. The van der Waals surface area contributed by atoms with E-state index in [4.69, 9.17) is 5.11 Å². The largest absolute Gasteiger partial charge is 0.481 e. The molecule has 24 heavy (non-hydrogen) atoms. The predicted molar refractivity (Wildman–Crippen MR) is 91.9 cm³/mol. The van der Waals surface area contributed by atoms with Crippen LogP contribution in [0.5, 0.6) is 0 Å². The van der Waals surface area contributed by atoms with E-state index >= 15 is 0 Å². The smallest absolute Gasteiger partial charge is 0.317 e. The van der Waals surface area contributed by atoms with Gasteiger partial charge in [-0.05, 0) is 43.1 Å². The van der Waals surface area contributed by atoms with Gasteiger partial charge in [-0.3, -0.25) is 4.79 Å². The van der Waals surface area contributed by atoms with Gasteiger partial charge in [-0.25, -0.2) is 4.79 Å². The van der Waals surface area contributed by atoms with Gasteiger partial charge in [0.1, 0.15) is 0 Å². The van der Waals surface area contributed by atoms with E-state index in [1.165, 1.54) is 18.4 Å². The summed E-state index contributed by atoms with van der Waals surface area (Å²) >= 11 is 0. The molecule has 1 aliphatic heterocycles. The number of aliphatic carboxylic acids is 1. The van der Waals surface area contributed by atoms with Crippen LogP contribution in [0, 0.1) is 11.8 Å². The Morgan fingerprint density at radius 1 is 1.12 bits per heavy atom. The molecule has 3 unspecified atom stereocenters. The lowest BCUT2D eigenvalue weighted by molar-refractivity contribution is -0.143. The molecule has 3 rings (SSSR count). The summed E-state index contributed by atoms with van der Waals surface area (Å²) in [6.45, 7) is 1.66. The molecule has 0 bridgehead atoms. The summed E-state index contributed by atoms with van der Waals surface area (Å²) in [5.74, 6) is -0.239. The summed E-state index contributed by atoms with van der Waals surface area (Å²) in [5.41, 5.74) is 1.36. The van der Waals surface area contributed by atoms with Crippen molar-refractivity contribution in [2.75, 3.05) is 19.6 Å². The van der Waals surface area contributed by atoms with Gasteiger partial charge in [0.15, 0.2) is 0 Å². The molecule has 1 aromatic carbocycles. The zero-order chi connectivity index (χ0) is 16.9. The number of hydrogen-bond donors (Lipinski definition) is 2. The molecule has 3 atom stereocenters. The second kappa shape index (κ2) is 7.69. The first-order valence-electron chi connectivity index (χ1n) is 8.95. The number of likely N-dealkylation sites (tertiary alicyclic amines) is 1. The fourth-order valence-electron chi connectivity index (χ4n) is 4.11. The van der Waals surface area contributed by atoms with Crippen LogP contribution in [0.1, 0.15) is 43.6 Å². The number of benzene rings is 1. The van der Waals surface area contributed by atoms with E-state index in [1.54, 1.807) is 4.90 Å². The minimum atomic E-state index is -0.799. The third-order valence-electron chi connectivity index (χ3n) is 5.46. The molecule has 5 nitrogen and oxygen atoms in total. The van der Waals surface area contributed by atoms with Gasteiger partial charge >= 0.3 is 12.0 Å². The highest BCUT2D eigenvalue weighted by Gasteiger charge is 2.31. The van der Waals surface area contributed by atoms with Gasteiger partial charge in [0.05, 0.1) is 5.92 Å². The monoisotopic (exact) mass is 330 g/mol. The summed E-state index contributed by atoms with van der Waals surface area (Å²) in [4.78, 5) is 25.2. The normalized spacial score (nSPS) is 27.0. The van der Waals surface area contributed by atoms with Gasteiger partial charge in [-0.15, -0.1) is 0 Å². The maximum atomic E-state index is 12.4. The number of carboxylic acid groups (broad SMARTS) is 1. The van der Waals surface area contributed by atoms with Crippen LogP contribution >= 0.6 is 0 Å². The Hall–Kier alpha value is -2.04. The van der Waals surface area contributed by atoms with E-state index in [0.717, 1.165) is 12.8 Å². The Balaban J connectivity index is 1.53. The molecule has 0 aromatic heterocycles. The second-order valence-corrected chi connectivity index (χ2v) is 7.02. The van der Waals surface area contributed by atoms with Crippen molar-refractivity contribution in [3.05, 3.63) is 35.9 Å². The van der Waals surface area contributed by atoms with Crippen molar-refractivity contribution in [1.29, 1.82) is 0 Å². The van der Waals surface area contributed by atoms with E-state index < -0.39 is 11.9 Å². The number of piperidine rings is 1. The number of nitrogens with one attached hydrogen (secondary N) is 1. The molecule has 5 heteroatoms. The summed E-state index contributed by atoms with van der Waals surface area (Å²) in [5, 5.41) is 12.2. The van der Waals surface area contributed by atoms with Gasteiger partial charge < -0.3 is 15.3 Å². The number of nitrogens with zero attached hydrogens (tertiary/aromatic N) is 1. The Morgan fingerprint density at radius 3 is 2.67 bits per heavy atom. The number of carboxylic acids is 1. The van der Waals surface area contributed by atoms with Crippen LogP contribution in [-0.4, -0.2) is 41.6 Å². The number of carbonyl (C=O) groups is 2. The first-order valence-corrected chi connectivity index (χ1v) is 8.95. The van der Waals surface area contributed by atoms with Crippen molar-refractivity contribution in [3.8, 4) is 0 Å². The average Bonchev–Trinajstić information content (AvgIpc) is 3.09. The molecular formula is C19H26N2O3. The summed E-state index contributed by atoms with van der Waals surface area (Å²) in [6.07, 6.45) is 4.94. The zero-order valence-corrected chi connectivity index (χ0v) is 14.0. The minimum Gasteiger partial charge on any atom is -0.481 e. The SMILES string of the molecule is O=C(O)C1CCCN(C(=O)NCC2CCCC2c2ccccc2)C1. The summed E-state index contributed by atoms with van der Waals surface area (Å²) in [6, 6.07) is 10.4. The number of hydrogen-bond acceptors (Lipinski definition) is 2. The highest BCUT2D eigenvalue weighted by Crippen LogP contribution is 2.39. The lowest BCUT2D eigenvalue weighted by atomic mass is 9.89. The number of amides is 2. The zero-order valence-electron chi connectivity index (χ0n) is 14.0. The van der Waals surface area contributed by atoms with Gasteiger partial charge in [0.25, 0.3) is 0 Å². The molecule has 1 aliphatic carbocycles. The standard InChI is InChI=1S/C19H26N2O3/c22-18(23)16-9-5-11-21(13-16)19(24)20-12-15-8-4-10-17(15)14-6-2-1-3-7-14/h1-3,6-7,15-17H,4-5,8-13H2,(H,20,24)(H,22,23). The number of rotatable bonds is 4. The van der Waals surface area contributed by atoms with Crippen molar-refractivity contribution in [2.45, 2.75) is 38.0 Å². The number of urea groups is 1. The van der Waals surface area contributed by atoms with E-state index in [2.05, 4.69) is 29.6 Å². The van der Waals surface area contributed by atoms with E-state index in [1.807, 2.05) is 6.07 Å². The molecule has 1 heterocycles. The first-order chi connectivity index (χ1) is 11.6. The molecule has 2 aliphatic rings. The molecule has 2 N–H and O–H groups in total. The second-order valence-electron chi connectivity index (χ2n) is 7.02. The number of carbonyl (C=O) groups excluding carboxylic acids is 1. The van der Waals surface area contributed by atoms with Crippen molar-refractivity contribution >= 4 is 12.0 Å². The average molecular weight is 330 g/mol. The van der Waals surface area contributed by atoms with Gasteiger partial charge in [0.2, 0.25) is 0 Å². The third-order valence-corrected chi connectivity index (χ3v) is 5.46. The van der Waals surface area contributed by atoms with Gasteiger partial charge in [-0.2, -0.15) is 0 Å². The molecule has 1 saturated carbocycles. The van der Waals surface area contributed by atoms with Crippen molar-refractivity contribution < 1.29 is 14.7 Å². The highest BCUT2D eigenvalue weighted by atomic mass is 16.4. The molecule has 0 spiro atoms. The maximum absolute atomic E-state index is 12.4. The maximum Gasteiger partial charge on any atom is 0.317 e. The Labute approximate surface area is 143 Å². The Bertz CT molecular complexity index is 575. The summed E-state index contributed by atoms with van der Waals surface area (Å²) in [7, 11) is 0.